The molecule has 1 aromatic carbocycles. The largest absolute Gasteiger partial charge is 0.392 e. The van der Waals surface area contributed by atoms with E-state index >= 15 is 0 Å². The van der Waals surface area contributed by atoms with Crippen LogP contribution in [0.4, 0.5) is 23.3 Å². The fourth-order valence-electron chi connectivity index (χ4n) is 3.31. The molecule has 168 valence electrons. The van der Waals surface area contributed by atoms with Gasteiger partial charge in [0.1, 0.15) is 5.69 Å². The predicted molar refractivity (Wildman–Crippen MR) is 124 cm³/mol. The van der Waals surface area contributed by atoms with Gasteiger partial charge in [0.05, 0.1) is 6.10 Å². The monoisotopic (exact) mass is 427 g/mol. The molecule has 0 radical (unpaired) electrons. The van der Waals surface area contributed by atoms with E-state index in [0.29, 0.717) is 30.4 Å². The summed E-state index contributed by atoms with van der Waals surface area (Å²) in [6.45, 7) is 12.5. The van der Waals surface area contributed by atoms with E-state index in [1.165, 1.54) is 0 Å². The number of carbonyl (C=O) groups excluding carboxylic acids is 1. The molecule has 1 unspecified atom stereocenters. The third kappa shape index (κ3) is 5.23. The van der Waals surface area contributed by atoms with E-state index in [0.717, 1.165) is 17.1 Å². The van der Waals surface area contributed by atoms with E-state index in [-0.39, 0.29) is 17.9 Å². The van der Waals surface area contributed by atoms with Gasteiger partial charge in [0.2, 0.25) is 5.95 Å². The van der Waals surface area contributed by atoms with Gasteiger partial charge < -0.3 is 15.7 Å². The van der Waals surface area contributed by atoms with Crippen LogP contribution in [-0.4, -0.2) is 45.6 Å². The van der Waals surface area contributed by atoms with Gasteiger partial charge in [0.15, 0.2) is 17.4 Å². The summed E-state index contributed by atoms with van der Waals surface area (Å²) in [6.07, 6.45) is -0.519. The molecule has 2 heterocycles. The summed E-state index contributed by atoms with van der Waals surface area (Å²) in [5.74, 6) is 1.93. The van der Waals surface area contributed by atoms with Gasteiger partial charge in [-0.1, -0.05) is 18.2 Å². The second kappa shape index (κ2) is 9.49. The minimum Gasteiger partial charge on any atom is -0.392 e. The van der Waals surface area contributed by atoms with Crippen molar-refractivity contribution in [1.29, 1.82) is 0 Å². The van der Waals surface area contributed by atoms with Crippen molar-refractivity contribution >= 4 is 29.1 Å². The second-order valence-corrected chi connectivity index (χ2v) is 8.44. The molecule has 9 nitrogen and oxygen atoms in total. The molecule has 4 N–H and O–H groups in total. The minimum absolute atomic E-state index is 0.0390. The van der Waals surface area contributed by atoms with Crippen LogP contribution in [0.5, 0.6) is 0 Å². The zero-order valence-electron chi connectivity index (χ0n) is 19.1. The number of rotatable bonds is 9. The van der Waals surface area contributed by atoms with Crippen LogP contribution < -0.4 is 26.2 Å². The van der Waals surface area contributed by atoms with Crippen LogP contribution in [0, 0.1) is 0 Å². The van der Waals surface area contributed by atoms with Crippen LogP contribution in [0.15, 0.2) is 24.3 Å². The molecule has 0 saturated carbocycles. The normalized spacial score (nSPS) is 14.2. The Labute approximate surface area is 183 Å². The Bertz CT molecular complexity index is 930. The Morgan fingerprint density at radius 2 is 1.81 bits per heavy atom. The molecule has 0 amide bonds. The molecule has 1 aliphatic rings. The number of Topliss-reactive ketones (excluding diaryl/α,β-unsaturated/α-hetero) is 1. The highest BCUT2D eigenvalue weighted by Crippen LogP contribution is 2.40. The van der Waals surface area contributed by atoms with Crippen LogP contribution in [0.3, 0.4) is 0 Å². The zero-order chi connectivity index (χ0) is 22.7. The Morgan fingerprint density at radius 3 is 2.42 bits per heavy atom. The summed E-state index contributed by atoms with van der Waals surface area (Å²) in [7, 11) is 0. The predicted octanol–water partition coefficient (Wildman–Crippen LogP) is 2.95. The van der Waals surface area contributed by atoms with Crippen molar-refractivity contribution < 1.29 is 9.90 Å². The van der Waals surface area contributed by atoms with Crippen LogP contribution >= 0.6 is 0 Å². The summed E-state index contributed by atoms with van der Waals surface area (Å²) in [4.78, 5) is 21.1. The average Bonchev–Trinajstić information content (AvgIpc) is 3.11. The van der Waals surface area contributed by atoms with Gasteiger partial charge in [-0.15, -0.1) is 5.53 Å². The van der Waals surface area contributed by atoms with Crippen molar-refractivity contribution in [3.05, 3.63) is 35.4 Å². The highest BCUT2D eigenvalue weighted by Gasteiger charge is 2.34. The topological polar surface area (TPSA) is 106 Å². The van der Waals surface area contributed by atoms with E-state index in [1.54, 1.807) is 13.8 Å². The van der Waals surface area contributed by atoms with Crippen LogP contribution in [0.2, 0.25) is 0 Å². The minimum atomic E-state index is -0.519. The maximum atomic E-state index is 11.7. The van der Waals surface area contributed by atoms with E-state index in [2.05, 4.69) is 43.9 Å². The molecule has 1 aromatic heterocycles. The lowest BCUT2D eigenvalue weighted by molar-refractivity contribution is 0.101. The number of aromatic nitrogens is 2. The van der Waals surface area contributed by atoms with Gasteiger partial charge in [0, 0.05) is 30.7 Å². The lowest BCUT2D eigenvalue weighted by Gasteiger charge is -2.27. The zero-order valence-corrected chi connectivity index (χ0v) is 19.1. The molecule has 0 bridgehead atoms. The number of hydrogen-bond donors (Lipinski definition) is 4. The Morgan fingerprint density at radius 1 is 1.10 bits per heavy atom. The number of ketones is 1. The van der Waals surface area contributed by atoms with Crippen molar-refractivity contribution in [2.45, 2.75) is 66.3 Å². The molecule has 0 fully saturated rings. The SMILES string of the molecule is CC(=O)c1cccc(CNc2nc(NCC(C)O)nc3c2N(C(C)C)NN3C(C)C)c1. The molecule has 1 aliphatic heterocycles. The standard InChI is InChI=1S/C22H33N7O2/c1-13(2)28-19-20(23-12-17-8-7-9-18(10-17)16(6)31)25-22(24-11-15(5)30)26-21(19)29(27-28)14(3)4/h7-10,13-15,27,30H,11-12H2,1-6H3,(H2,23,24,25,26). The Balaban J connectivity index is 1.98. The van der Waals surface area contributed by atoms with Crippen LogP contribution in [0.25, 0.3) is 0 Å². The highest BCUT2D eigenvalue weighted by atomic mass is 16.3. The summed E-state index contributed by atoms with van der Waals surface area (Å²) < 4.78 is 0. The molecule has 0 aliphatic carbocycles. The lowest BCUT2D eigenvalue weighted by atomic mass is 10.1. The Kier molecular flexibility index (Phi) is 6.97. The highest BCUT2D eigenvalue weighted by molar-refractivity contribution is 5.94. The number of benzene rings is 1. The summed E-state index contributed by atoms with van der Waals surface area (Å²) in [5, 5.41) is 20.2. The van der Waals surface area contributed by atoms with E-state index in [9.17, 15) is 9.90 Å². The van der Waals surface area contributed by atoms with Gasteiger partial charge in [-0.05, 0) is 53.2 Å². The number of hydrazine groups is 2. The first kappa shape index (κ1) is 22.8. The molecule has 0 saturated heterocycles. The fraction of sp³-hybridized carbons (Fsp3) is 0.500. The molecule has 1 atom stereocenters. The third-order valence-corrected chi connectivity index (χ3v) is 4.93. The number of anilines is 4. The van der Waals surface area contributed by atoms with Crippen molar-refractivity contribution in [3.63, 3.8) is 0 Å². The molecule has 2 aromatic rings. The van der Waals surface area contributed by atoms with Gasteiger partial charge in [-0.25, -0.2) is 0 Å². The Hall–Kier alpha value is -2.91. The van der Waals surface area contributed by atoms with Gasteiger partial charge in [0.25, 0.3) is 0 Å². The molecular formula is C22H33N7O2. The van der Waals surface area contributed by atoms with Crippen LogP contribution in [0.1, 0.15) is 57.5 Å². The van der Waals surface area contributed by atoms with E-state index < -0.39 is 6.10 Å². The van der Waals surface area contributed by atoms with Gasteiger partial charge in [-0.3, -0.25) is 14.8 Å². The summed E-state index contributed by atoms with van der Waals surface area (Å²) >= 11 is 0. The van der Waals surface area contributed by atoms with Crippen LogP contribution in [-0.2, 0) is 6.54 Å². The molecule has 31 heavy (non-hydrogen) atoms. The van der Waals surface area contributed by atoms with Gasteiger partial charge >= 0.3 is 0 Å². The maximum Gasteiger partial charge on any atom is 0.226 e. The first-order chi connectivity index (χ1) is 14.7. The van der Waals surface area contributed by atoms with E-state index in [4.69, 9.17) is 9.97 Å². The van der Waals surface area contributed by atoms with Crippen molar-refractivity contribution in [2.75, 3.05) is 27.2 Å². The summed E-state index contributed by atoms with van der Waals surface area (Å²) in [6, 6.07) is 7.91. The molecular weight excluding hydrogens is 394 g/mol. The van der Waals surface area contributed by atoms with Crippen molar-refractivity contribution in [3.8, 4) is 0 Å². The lowest BCUT2D eigenvalue weighted by Crippen LogP contribution is -2.50. The molecule has 9 heteroatoms. The summed E-state index contributed by atoms with van der Waals surface area (Å²) in [5.41, 5.74) is 5.95. The average molecular weight is 428 g/mol. The number of aliphatic hydroxyl groups excluding tert-OH is 1. The maximum absolute atomic E-state index is 11.7. The van der Waals surface area contributed by atoms with E-state index in [1.807, 2.05) is 34.3 Å². The van der Waals surface area contributed by atoms with Crippen molar-refractivity contribution in [2.24, 2.45) is 0 Å². The molecule has 3 rings (SSSR count). The number of carbonyl (C=O) groups is 1. The first-order valence-corrected chi connectivity index (χ1v) is 10.7. The first-order valence-electron chi connectivity index (χ1n) is 10.7. The smallest absolute Gasteiger partial charge is 0.226 e. The van der Waals surface area contributed by atoms with Gasteiger partial charge in [-0.2, -0.15) is 9.97 Å². The number of hydrogen-bond acceptors (Lipinski definition) is 9. The number of fused-ring (bicyclic) bond motifs is 1. The quantitative estimate of drug-likeness (QED) is 0.449. The van der Waals surface area contributed by atoms with Crippen molar-refractivity contribution in [1.82, 2.24) is 15.5 Å². The second-order valence-electron chi connectivity index (χ2n) is 8.44. The number of aliphatic hydroxyl groups is 1. The number of nitrogens with one attached hydrogen (secondary N) is 3. The third-order valence-electron chi connectivity index (χ3n) is 4.93. The fourth-order valence-corrected chi connectivity index (χ4v) is 3.31. The molecule has 0 spiro atoms. The number of nitrogens with zero attached hydrogens (tertiary/aromatic N) is 4.